The minimum Gasteiger partial charge on any atom is -0.478 e. The first-order chi connectivity index (χ1) is 15.1. The first-order valence-corrected chi connectivity index (χ1v) is 11.2. The molecule has 2 fully saturated rings. The van der Waals surface area contributed by atoms with Crippen LogP contribution in [0.2, 0.25) is 0 Å². The molecule has 2 aromatic rings. The van der Waals surface area contributed by atoms with Gasteiger partial charge in [-0.15, -0.1) is 10.2 Å². The van der Waals surface area contributed by atoms with E-state index in [1.807, 2.05) is 6.07 Å². The van der Waals surface area contributed by atoms with Crippen LogP contribution in [0.25, 0.3) is 0 Å². The van der Waals surface area contributed by atoms with E-state index in [4.69, 9.17) is 4.74 Å². The van der Waals surface area contributed by atoms with Gasteiger partial charge in [0.1, 0.15) is 0 Å². The zero-order valence-electron chi connectivity index (χ0n) is 18.0. The smallest absolute Gasteiger partial charge is 0.263 e. The molecule has 3 heterocycles. The van der Waals surface area contributed by atoms with Crippen LogP contribution < -0.4 is 14.5 Å². The molecule has 1 aromatic heterocycles. The third kappa shape index (κ3) is 5.24. The number of nitrogens with zero attached hydrogens (tertiary/aromatic N) is 5. The van der Waals surface area contributed by atoms with Gasteiger partial charge in [-0.25, -0.2) is 4.39 Å². The molecule has 1 aromatic carbocycles. The molecule has 1 unspecified atom stereocenters. The molecule has 2 saturated heterocycles. The number of benzene rings is 1. The van der Waals surface area contributed by atoms with Gasteiger partial charge in [0.15, 0.2) is 29.3 Å². The standard InChI is InChI=1S/C23H30FN5O2/c1-18(31-20-9-5-4-8-19(20)24)23(30)29-16-14-28(15-17-29)22-11-10-21(25-26-22)27-12-6-2-3-7-13-27/h4-5,8-11,18H,2-3,6-7,12-17H2,1H3. The van der Waals surface area contributed by atoms with Crippen LogP contribution in [0.4, 0.5) is 16.0 Å². The maximum atomic E-state index is 13.8. The highest BCUT2D eigenvalue weighted by Crippen LogP contribution is 2.21. The van der Waals surface area contributed by atoms with E-state index in [1.54, 1.807) is 24.0 Å². The lowest BCUT2D eigenvalue weighted by Crippen LogP contribution is -2.52. The third-order valence-corrected chi connectivity index (χ3v) is 5.97. The summed E-state index contributed by atoms with van der Waals surface area (Å²) in [7, 11) is 0. The molecule has 4 rings (SSSR count). The van der Waals surface area contributed by atoms with Gasteiger partial charge < -0.3 is 19.4 Å². The van der Waals surface area contributed by atoms with Gasteiger partial charge >= 0.3 is 0 Å². The Balaban J connectivity index is 1.30. The maximum absolute atomic E-state index is 13.8. The number of anilines is 2. The Kier molecular flexibility index (Phi) is 6.84. The SMILES string of the molecule is CC(Oc1ccccc1F)C(=O)N1CCN(c2ccc(N3CCCCCC3)nn2)CC1. The van der Waals surface area contributed by atoms with Crippen molar-refractivity contribution in [2.45, 2.75) is 38.7 Å². The fourth-order valence-electron chi connectivity index (χ4n) is 4.15. The Labute approximate surface area is 182 Å². The fourth-order valence-corrected chi connectivity index (χ4v) is 4.15. The normalized spacial score (nSPS) is 18.5. The number of para-hydroxylation sites is 1. The van der Waals surface area contributed by atoms with Crippen molar-refractivity contribution in [1.82, 2.24) is 15.1 Å². The molecule has 0 spiro atoms. The Morgan fingerprint density at radius 3 is 2.03 bits per heavy atom. The van der Waals surface area contributed by atoms with Crippen molar-refractivity contribution >= 4 is 17.5 Å². The van der Waals surface area contributed by atoms with E-state index in [1.165, 1.54) is 37.8 Å². The van der Waals surface area contributed by atoms with Gasteiger partial charge in [0, 0.05) is 39.3 Å². The summed E-state index contributed by atoms with van der Waals surface area (Å²) in [6.07, 6.45) is 4.25. The van der Waals surface area contributed by atoms with Crippen molar-refractivity contribution in [2.75, 3.05) is 49.1 Å². The molecule has 0 saturated carbocycles. The Morgan fingerprint density at radius 2 is 1.45 bits per heavy atom. The van der Waals surface area contributed by atoms with Crippen molar-refractivity contribution in [1.29, 1.82) is 0 Å². The first-order valence-electron chi connectivity index (χ1n) is 11.2. The van der Waals surface area contributed by atoms with E-state index in [0.29, 0.717) is 26.2 Å². The molecule has 2 aliphatic rings. The van der Waals surface area contributed by atoms with Crippen molar-refractivity contribution in [3.05, 3.63) is 42.2 Å². The molecule has 1 atom stereocenters. The molecule has 0 radical (unpaired) electrons. The van der Waals surface area contributed by atoms with Crippen LogP contribution in [-0.4, -0.2) is 66.4 Å². The molecule has 2 aliphatic heterocycles. The van der Waals surface area contributed by atoms with Crippen molar-refractivity contribution in [2.24, 2.45) is 0 Å². The van der Waals surface area contributed by atoms with Crippen LogP contribution in [0.1, 0.15) is 32.6 Å². The molecule has 8 heteroatoms. The van der Waals surface area contributed by atoms with Crippen LogP contribution >= 0.6 is 0 Å². The third-order valence-electron chi connectivity index (χ3n) is 5.97. The topological polar surface area (TPSA) is 61.8 Å². The summed E-state index contributed by atoms with van der Waals surface area (Å²) in [4.78, 5) is 19.0. The number of piperazine rings is 1. The van der Waals surface area contributed by atoms with Crippen LogP contribution in [0.5, 0.6) is 5.75 Å². The summed E-state index contributed by atoms with van der Waals surface area (Å²) in [6, 6.07) is 10.2. The second-order valence-electron chi connectivity index (χ2n) is 8.15. The van der Waals surface area contributed by atoms with E-state index in [-0.39, 0.29) is 11.7 Å². The number of rotatable bonds is 5. The van der Waals surface area contributed by atoms with Gasteiger partial charge in [-0.1, -0.05) is 25.0 Å². The summed E-state index contributed by atoms with van der Waals surface area (Å²) in [6.45, 7) is 6.24. The molecular formula is C23H30FN5O2. The molecular weight excluding hydrogens is 397 g/mol. The van der Waals surface area contributed by atoms with Gasteiger partial charge in [0.25, 0.3) is 5.91 Å². The lowest BCUT2D eigenvalue weighted by molar-refractivity contribution is -0.138. The predicted molar refractivity (Wildman–Crippen MR) is 118 cm³/mol. The van der Waals surface area contributed by atoms with Gasteiger partial charge in [-0.3, -0.25) is 4.79 Å². The molecule has 166 valence electrons. The first kappa shape index (κ1) is 21.3. The van der Waals surface area contributed by atoms with Crippen LogP contribution in [0, 0.1) is 5.82 Å². The minimum atomic E-state index is -0.740. The summed E-state index contributed by atoms with van der Waals surface area (Å²) < 4.78 is 19.3. The van der Waals surface area contributed by atoms with Crippen LogP contribution in [0.3, 0.4) is 0 Å². The summed E-state index contributed by atoms with van der Waals surface area (Å²) in [5, 5.41) is 8.90. The molecule has 0 aliphatic carbocycles. The molecule has 0 N–H and O–H groups in total. The number of hydrogen-bond acceptors (Lipinski definition) is 6. The zero-order chi connectivity index (χ0) is 21.6. The molecule has 0 bridgehead atoms. The summed E-state index contributed by atoms with van der Waals surface area (Å²) >= 11 is 0. The van der Waals surface area contributed by atoms with E-state index in [2.05, 4.69) is 26.1 Å². The quantitative estimate of drug-likeness (QED) is 0.731. The number of carbonyl (C=O) groups is 1. The maximum Gasteiger partial charge on any atom is 0.263 e. The van der Waals surface area contributed by atoms with Gasteiger partial charge in [0.05, 0.1) is 0 Å². The average molecular weight is 428 g/mol. The van der Waals surface area contributed by atoms with E-state index >= 15 is 0 Å². The second-order valence-corrected chi connectivity index (χ2v) is 8.15. The average Bonchev–Trinajstić information content (AvgIpc) is 3.10. The van der Waals surface area contributed by atoms with E-state index < -0.39 is 11.9 Å². The summed E-state index contributed by atoms with van der Waals surface area (Å²) in [5.74, 6) is 1.28. The number of halogens is 1. The Bertz CT molecular complexity index is 863. The Morgan fingerprint density at radius 1 is 0.871 bits per heavy atom. The fraction of sp³-hybridized carbons (Fsp3) is 0.522. The summed E-state index contributed by atoms with van der Waals surface area (Å²) in [5.41, 5.74) is 0. The van der Waals surface area contributed by atoms with Gasteiger partial charge in [0.2, 0.25) is 0 Å². The zero-order valence-corrected chi connectivity index (χ0v) is 18.0. The number of ether oxygens (including phenoxy) is 1. The predicted octanol–water partition coefficient (Wildman–Crippen LogP) is 3.11. The van der Waals surface area contributed by atoms with Crippen LogP contribution in [-0.2, 0) is 4.79 Å². The number of carbonyl (C=O) groups excluding carboxylic acids is 1. The Hall–Kier alpha value is -2.90. The van der Waals surface area contributed by atoms with E-state index in [9.17, 15) is 9.18 Å². The lowest BCUT2D eigenvalue weighted by Gasteiger charge is -2.36. The van der Waals surface area contributed by atoms with Crippen molar-refractivity contribution in [3.63, 3.8) is 0 Å². The van der Waals surface area contributed by atoms with Crippen molar-refractivity contribution < 1.29 is 13.9 Å². The number of aromatic nitrogens is 2. The lowest BCUT2D eigenvalue weighted by atomic mass is 10.2. The highest BCUT2D eigenvalue weighted by atomic mass is 19.1. The molecule has 7 nitrogen and oxygen atoms in total. The van der Waals surface area contributed by atoms with Crippen LogP contribution in [0.15, 0.2) is 36.4 Å². The van der Waals surface area contributed by atoms with Gasteiger partial charge in [-0.05, 0) is 44.0 Å². The highest BCUT2D eigenvalue weighted by Gasteiger charge is 2.27. The highest BCUT2D eigenvalue weighted by molar-refractivity contribution is 5.81. The number of hydrogen-bond donors (Lipinski definition) is 0. The molecule has 31 heavy (non-hydrogen) atoms. The second kappa shape index (κ2) is 9.94. The van der Waals surface area contributed by atoms with Gasteiger partial charge in [-0.2, -0.15) is 0 Å². The largest absolute Gasteiger partial charge is 0.478 e. The number of amides is 1. The van der Waals surface area contributed by atoms with Crippen molar-refractivity contribution in [3.8, 4) is 5.75 Å². The molecule has 1 amide bonds. The van der Waals surface area contributed by atoms with E-state index in [0.717, 1.165) is 24.7 Å². The minimum absolute atomic E-state index is 0.0989. The monoisotopic (exact) mass is 427 g/mol.